The van der Waals surface area contributed by atoms with E-state index in [-0.39, 0.29) is 0 Å². The molecule has 0 radical (unpaired) electrons. The van der Waals surface area contributed by atoms with E-state index in [1.54, 1.807) is 7.11 Å². The Labute approximate surface area is 77.1 Å². The summed E-state index contributed by atoms with van der Waals surface area (Å²) < 4.78 is 0. The van der Waals surface area contributed by atoms with Crippen molar-refractivity contribution in [3.63, 3.8) is 0 Å². The summed E-state index contributed by atoms with van der Waals surface area (Å²) in [6.45, 7) is 0. The molecule has 0 amide bonds. The van der Waals surface area contributed by atoms with Crippen LogP contribution in [0.5, 0.6) is 0 Å². The van der Waals surface area contributed by atoms with Gasteiger partial charge in [-0.2, -0.15) is 0 Å². The van der Waals surface area contributed by atoms with Crippen LogP contribution in [0, 0.1) is 0 Å². The van der Waals surface area contributed by atoms with Gasteiger partial charge in [0, 0.05) is 5.39 Å². The van der Waals surface area contributed by atoms with Crippen LogP contribution in [0.15, 0.2) is 42.5 Å². The molecule has 13 heavy (non-hydrogen) atoms. The van der Waals surface area contributed by atoms with Gasteiger partial charge in [-0.15, -0.1) is 0 Å². The summed E-state index contributed by atoms with van der Waals surface area (Å²) >= 11 is 0. The lowest BCUT2D eigenvalue weighted by Gasteiger charge is -2.06. The van der Waals surface area contributed by atoms with E-state index in [1.165, 1.54) is 10.8 Å². The summed E-state index contributed by atoms with van der Waals surface area (Å²) in [7, 11) is 1.61. The van der Waals surface area contributed by atoms with Gasteiger partial charge in [0.1, 0.15) is 0 Å². The van der Waals surface area contributed by atoms with E-state index >= 15 is 0 Å². The third kappa shape index (κ3) is 1.48. The SMILES string of the molecule is CONc1cccc2ccccc12. The Hall–Kier alpha value is -1.54. The summed E-state index contributed by atoms with van der Waals surface area (Å²) in [4.78, 5) is 4.89. The third-order valence-corrected chi connectivity index (χ3v) is 2.00. The molecular weight excluding hydrogens is 162 g/mol. The van der Waals surface area contributed by atoms with Crippen LogP contribution >= 0.6 is 0 Å². The zero-order valence-electron chi connectivity index (χ0n) is 7.45. The molecule has 2 nitrogen and oxygen atoms in total. The van der Waals surface area contributed by atoms with Gasteiger partial charge in [0.25, 0.3) is 0 Å². The highest BCUT2D eigenvalue weighted by Gasteiger charge is 1.97. The Bertz CT molecular complexity index is 406. The van der Waals surface area contributed by atoms with Gasteiger partial charge < -0.3 is 0 Å². The predicted molar refractivity (Wildman–Crippen MR) is 54.6 cm³/mol. The number of hydrogen-bond acceptors (Lipinski definition) is 2. The third-order valence-electron chi connectivity index (χ3n) is 2.00. The van der Waals surface area contributed by atoms with Crippen LogP contribution in [0.4, 0.5) is 5.69 Å². The molecule has 0 aliphatic carbocycles. The lowest BCUT2D eigenvalue weighted by molar-refractivity contribution is 0.271. The minimum absolute atomic E-state index is 1.00. The van der Waals surface area contributed by atoms with Crippen molar-refractivity contribution in [3.8, 4) is 0 Å². The van der Waals surface area contributed by atoms with Crippen LogP contribution in [0.1, 0.15) is 0 Å². The Kier molecular flexibility index (Phi) is 2.15. The first-order chi connectivity index (χ1) is 6.42. The summed E-state index contributed by atoms with van der Waals surface area (Å²) in [5.74, 6) is 0. The van der Waals surface area contributed by atoms with Crippen molar-refractivity contribution < 1.29 is 4.84 Å². The molecule has 0 unspecified atom stereocenters. The minimum atomic E-state index is 1.00. The Morgan fingerprint density at radius 3 is 2.62 bits per heavy atom. The number of fused-ring (bicyclic) bond motifs is 1. The van der Waals surface area contributed by atoms with Gasteiger partial charge in [0.15, 0.2) is 0 Å². The lowest BCUT2D eigenvalue weighted by atomic mass is 10.1. The molecule has 0 aliphatic rings. The van der Waals surface area contributed by atoms with Crippen LogP contribution in [-0.4, -0.2) is 7.11 Å². The normalized spacial score (nSPS) is 10.2. The Morgan fingerprint density at radius 2 is 1.77 bits per heavy atom. The maximum atomic E-state index is 4.89. The van der Waals surface area contributed by atoms with Gasteiger partial charge in [-0.1, -0.05) is 36.4 Å². The molecule has 0 aliphatic heterocycles. The molecule has 0 spiro atoms. The molecule has 66 valence electrons. The molecular formula is C11H11NO. The van der Waals surface area contributed by atoms with Gasteiger partial charge in [0.05, 0.1) is 12.8 Å². The first kappa shape index (κ1) is 8.08. The largest absolute Gasteiger partial charge is 0.279 e. The summed E-state index contributed by atoms with van der Waals surface area (Å²) in [5.41, 5.74) is 3.85. The monoisotopic (exact) mass is 173 g/mol. The van der Waals surface area contributed by atoms with Gasteiger partial charge >= 0.3 is 0 Å². The molecule has 0 aromatic heterocycles. The highest BCUT2D eigenvalue weighted by Crippen LogP contribution is 2.22. The topological polar surface area (TPSA) is 21.3 Å². The van der Waals surface area contributed by atoms with E-state index in [0.717, 1.165) is 5.69 Å². The fourth-order valence-electron chi connectivity index (χ4n) is 1.42. The molecule has 0 atom stereocenters. The van der Waals surface area contributed by atoms with Crippen molar-refractivity contribution in [2.75, 3.05) is 12.6 Å². The van der Waals surface area contributed by atoms with Crippen molar-refractivity contribution in [2.24, 2.45) is 0 Å². The molecule has 1 N–H and O–H groups in total. The van der Waals surface area contributed by atoms with Gasteiger partial charge in [0.2, 0.25) is 0 Å². The Morgan fingerprint density at radius 1 is 1.00 bits per heavy atom. The fourth-order valence-corrected chi connectivity index (χ4v) is 1.42. The maximum absolute atomic E-state index is 4.89. The highest BCUT2D eigenvalue weighted by molar-refractivity contribution is 5.93. The first-order valence-corrected chi connectivity index (χ1v) is 4.18. The Balaban J connectivity index is 2.61. The van der Waals surface area contributed by atoms with Crippen LogP contribution in [0.2, 0.25) is 0 Å². The molecule has 0 saturated heterocycles. The summed E-state index contributed by atoms with van der Waals surface area (Å²) in [6, 6.07) is 14.3. The second-order valence-electron chi connectivity index (χ2n) is 2.83. The van der Waals surface area contributed by atoms with Crippen molar-refractivity contribution >= 4 is 16.5 Å². The average molecular weight is 173 g/mol. The number of hydrogen-bond donors (Lipinski definition) is 1. The summed E-state index contributed by atoms with van der Waals surface area (Å²) in [5, 5.41) is 2.39. The molecule has 2 rings (SSSR count). The standard InChI is InChI=1S/C11H11NO/c1-13-12-11-8-4-6-9-5-2-3-7-10(9)11/h2-8,12H,1H3. The van der Waals surface area contributed by atoms with Crippen molar-refractivity contribution in [2.45, 2.75) is 0 Å². The van der Waals surface area contributed by atoms with Crippen LogP contribution in [0.25, 0.3) is 10.8 Å². The van der Waals surface area contributed by atoms with Crippen LogP contribution in [-0.2, 0) is 4.84 Å². The molecule has 0 heterocycles. The van der Waals surface area contributed by atoms with Crippen molar-refractivity contribution in [3.05, 3.63) is 42.5 Å². The van der Waals surface area contributed by atoms with Gasteiger partial charge in [-0.05, 0) is 11.5 Å². The number of rotatable bonds is 2. The van der Waals surface area contributed by atoms with Crippen molar-refractivity contribution in [1.82, 2.24) is 0 Å². The number of anilines is 1. The fraction of sp³-hybridized carbons (Fsp3) is 0.0909. The van der Waals surface area contributed by atoms with Crippen molar-refractivity contribution in [1.29, 1.82) is 0 Å². The van der Waals surface area contributed by atoms with E-state index in [0.29, 0.717) is 0 Å². The second-order valence-corrected chi connectivity index (χ2v) is 2.83. The van der Waals surface area contributed by atoms with E-state index in [1.807, 2.05) is 24.3 Å². The van der Waals surface area contributed by atoms with Gasteiger partial charge in [-0.3, -0.25) is 10.3 Å². The quantitative estimate of drug-likeness (QED) is 0.705. The molecule has 0 fully saturated rings. The number of benzene rings is 2. The maximum Gasteiger partial charge on any atom is 0.0682 e. The molecule has 2 heteroatoms. The molecule has 0 saturated carbocycles. The summed E-state index contributed by atoms with van der Waals surface area (Å²) in [6.07, 6.45) is 0. The molecule has 2 aromatic rings. The van der Waals surface area contributed by atoms with Crippen LogP contribution < -0.4 is 5.48 Å². The zero-order valence-corrected chi connectivity index (χ0v) is 7.45. The lowest BCUT2D eigenvalue weighted by Crippen LogP contribution is -1.95. The first-order valence-electron chi connectivity index (χ1n) is 4.18. The van der Waals surface area contributed by atoms with E-state index in [9.17, 15) is 0 Å². The average Bonchev–Trinajstić information content (AvgIpc) is 2.19. The predicted octanol–water partition coefficient (Wildman–Crippen LogP) is 2.81. The number of nitrogens with one attached hydrogen (secondary N) is 1. The molecule has 0 bridgehead atoms. The van der Waals surface area contributed by atoms with E-state index < -0.39 is 0 Å². The van der Waals surface area contributed by atoms with Gasteiger partial charge in [-0.25, -0.2) is 0 Å². The van der Waals surface area contributed by atoms with Crippen LogP contribution in [0.3, 0.4) is 0 Å². The smallest absolute Gasteiger partial charge is 0.0682 e. The van der Waals surface area contributed by atoms with E-state index in [4.69, 9.17) is 4.84 Å². The second kappa shape index (κ2) is 3.46. The zero-order chi connectivity index (χ0) is 9.10. The van der Waals surface area contributed by atoms with E-state index in [2.05, 4.69) is 23.7 Å². The minimum Gasteiger partial charge on any atom is -0.279 e. The highest BCUT2D eigenvalue weighted by atomic mass is 16.6. The molecule has 2 aromatic carbocycles.